The summed E-state index contributed by atoms with van der Waals surface area (Å²) < 4.78 is 3.76. The lowest BCUT2D eigenvalue weighted by atomic mass is 9.91. The third-order valence-electron chi connectivity index (χ3n) is 5.73. The van der Waals surface area contributed by atoms with E-state index in [2.05, 4.69) is 27.8 Å². The number of fused-ring (bicyclic) bond motifs is 1. The summed E-state index contributed by atoms with van der Waals surface area (Å²) in [5, 5.41) is 5.56. The summed E-state index contributed by atoms with van der Waals surface area (Å²) in [5.41, 5.74) is 3.09. The average molecular weight is 385 g/mol. The Kier molecular flexibility index (Phi) is 5.48. The Hall–Kier alpha value is -2.28. The summed E-state index contributed by atoms with van der Waals surface area (Å²) in [7, 11) is 0. The van der Waals surface area contributed by atoms with Gasteiger partial charge in [-0.15, -0.1) is 5.10 Å². The number of nitrogens with zero attached hydrogens (tertiary/aromatic N) is 4. The van der Waals surface area contributed by atoms with Gasteiger partial charge in [-0.3, -0.25) is 9.59 Å². The molecule has 0 atom stereocenters. The van der Waals surface area contributed by atoms with E-state index in [4.69, 9.17) is 0 Å². The maximum atomic E-state index is 12.6. The van der Waals surface area contributed by atoms with Gasteiger partial charge in [0.05, 0.1) is 0 Å². The van der Waals surface area contributed by atoms with E-state index in [1.807, 2.05) is 15.9 Å². The van der Waals surface area contributed by atoms with Crippen molar-refractivity contribution in [2.75, 3.05) is 19.6 Å². The molecule has 0 aliphatic carbocycles. The SMILES string of the molecule is O=C(CCC1CCN(C(=O)c2csnn2)CC1)N1CCc2ccccc2C1. The molecule has 6 nitrogen and oxygen atoms in total. The first kappa shape index (κ1) is 18.1. The number of carbonyl (C=O) groups excluding carboxylic acids is 2. The predicted octanol–water partition coefficient (Wildman–Crippen LogP) is 2.76. The molecule has 0 spiro atoms. The third-order valence-corrected chi connectivity index (χ3v) is 6.24. The van der Waals surface area contributed by atoms with Gasteiger partial charge in [0, 0.05) is 38.0 Å². The van der Waals surface area contributed by atoms with Crippen LogP contribution in [0.3, 0.4) is 0 Å². The molecule has 1 saturated heterocycles. The number of amides is 2. The highest BCUT2D eigenvalue weighted by atomic mass is 32.1. The Morgan fingerprint density at radius 2 is 1.85 bits per heavy atom. The number of hydrogen-bond acceptors (Lipinski definition) is 5. The van der Waals surface area contributed by atoms with Crippen molar-refractivity contribution in [3.05, 3.63) is 46.5 Å². The zero-order chi connectivity index (χ0) is 18.6. The van der Waals surface area contributed by atoms with Crippen LogP contribution < -0.4 is 0 Å². The minimum Gasteiger partial charge on any atom is -0.338 e. The fourth-order valence-electron chi connectivity index (χ4n) is 4.04. The van der Waals surface area contributed by atoms with Crippen molar-refractivity contribution in [2.24, 2.45) is 5.92 Å². The van der Waals surface area contributed by atoms with Gasteiger partial charge in [-0.05, 0) is 54.3 Å². The molecule has 1 fully saturated rings. The number of piperidine rings is 1. The highest BCUT2D eigenvalue weighted by molar-refractivity contribution is 7.03. The minimum atomic E-state index is -0.0229. The summed E-state index contributed by atoms with van der Waals surface area (Å²) in [6.07, 6.45) is 4.39. The Morgan fingerprint density at radius 1 is 1.07 bits per heavy atom. The first-order valence-electron chi connectivity index (χ1n) is 9.61. The van der Waals surface area contributed by atoms with Gasteiger partial charge in [0.25, 0.3) is 5.91 Å². The van der Waals surface area contributed by atoms with Crippen LogP contribution in [-0.2, 0) is 17.8 Å². The topological polar surface area (TPSA) is 66.4 Å². The number of benzene rings is 1. The predicted molar refractivity (Wildman–Crippen MR) is 103 cm³/mol. The minimum absolute atomic E-state index is 0.0229. The van der Waals surface area contributed by atoms with Gasteiger partial charge in [-0.2, -0.15) is 0 Å². The van der Waals surface area contributed by atoms with Gasteiger partial charge >= 0.3 is 0 Å². The summed E-state index contributed by atoms with van der Waals surface area (Å²) in [5.74, 6) is 0.755. The van der Waals surface area contributed by atoms with E-state index in [0.29, 0.717) is 18.0 Å². The van der Waals surface area contributed by atoms with Crippen LogP contribution in [0.15, 0.2) is 29.6 Å². The molecule has 4 rings (SSSR count). The molecule has 0 saturated carbocycles. The molecule has 0 unspecified atom stereocenters. The molecule has 27 heavy (non-hydrogen) atoms. The highest BCUT2D eigenvalue weighted by Crippen LogP contribution is 2.25. The van der Waals surface area contributed by atoms with Crippen LogP contribution in [0.2, 0.25) is 0 Å². The Morgan fingerprint density at radius 3 is 2.59 bits per heavy atom. The van der Waals surface area contributed by atoms with Gasteiger partial charge < -0.3 is 9.80 Å². The number of likely N-dealkylation sites (tertiary alicyclic amines) is 1. The molecule has 7 heteroatoms. The average Bonchev–Trinajstić information content (AvgIpc) is 3.26. The molecule has 0 N–H and O–H groups in total. The molecule has 1 aromatic carbocycles. The lowest BCUT2D eigenvalue weighted by Crippen LogP contribution is -2.39. The van der Waals surface area contributed by atoms with E-state index < -0.39 is 0 Å². The Bertz CT molecular complexity index is 800. The first-order chi connectivity index (χ1) is 13.2. The molecule has 2 aliphatic rings. The van der Waals surface area contributed by atoms with Gasteiger partial charge in [0.1, 0.15) is 0 Å². The first-order valence-corrected chi connectivity index (χ1v) is 10.5. The summed E-state index contributed by atoms with van der Waals surface area (Å²) in [6, 6.07) is 8.40. The molecule has 2 amide bonds. The van der Waals surface area contributed by atoms with Crippen molar-refractivity contribution in [1.82, 2.24) is 19.4 Å². The molecule has 2 aliphatic heterocycles. The van der Waals surface area contributed by atoms with E-state index in [1.165, 1.54) is 22.7 Å². The van der Waals surface area contributed by atoms with Crippen molar-refractivity contribution in [1.29, 1.82) is 0 Å². The van der Waals surface area contributed by atoms with Crippen molar-refractivity contribution in [3.63, 3.8) is 0 Å². The van der Waals surface area contributed by atoms with Gasteiger partial charge in [0.15, 0.2) is 5.69 Å². The third kappa shape index (κ3) is 4.18. The van der Waals surface area contributed by atoms with Crippen molar-refractivity contribution >= 4 is 23.3 Å². The zero-order valence-corrected chi connectivity index (χ0v) is 16.2. The van der Waals surface area contributed by atoms with Crippen LogP contribution in [-0.4, -0.2) is 50.8 Å². The maximum absolute atomic E-state index is 12.6. The maximum Gasteiger partial charge on any atom is 0.275 e. The second-order valence-electron chi connectivity index (χ2n) is 7.40. The Labute approximate surface area is 163 Å². The van der Waals surface area contributed by atoms with Gasteiger partial charge in [-0.25, -0.2) is 0 Å². The fraction of sp³-hybridized carbons (Fsp3) is 0.500. The number of aromatic nitrogens is 2. The van der Waals surface area contributed by atoms with Crippen LogP contribution in [0.25, 0.3) is 0 Å². The Balaban J connectivity index is 1.22. The smallest absolute Gasteiger partial charge is 0.275 e. The molecule has 0 radical (unpaired) electrons. The molecule has 3 heterocycles. The van der Waals surface area contributed by atoms with Crippen LogP contribution in [0.4, 0.5) is 0 Å². The molecular weight excluding hydrogens is 360 g/mol. The summed E-state index contributed by atoms with van der Waals surface area (Å²) in [6.45, 7) is 3.05. The van der Waals surface area contributed by atoms with E-state index in [9.17, 15) is 9.59 Å². The quantitative estimate of drug-likeness (QED) is 0.813. The normalized spacial score (nSPS) is 17.6. The summed E-state index contributed by atoms with van der Waals surface area (Å²) >= 11 is 1.20. The lowest BCUT2D eigenvalue weighted by molar-refractivity contribution is -0.132. The second-order valence-corrected chi connectivity index (χ2v) is 8.01. The van der Waals surface area contributed by atoms with E-state index >= 15 is 0 Å². The van der Waals surface area contributed by atoms with Crippen molar-refractivity contribution < 1.29 is 9.59 Å². The summed E-state index contributed by atoms with van der Waals surface area (Å²) in [4.78, 5) is 28.8. The van der Waals surface area contributed by atoms with Crippen molar-refractivity contribution in [2.45, 2.75) is 38.6 Å². The number of rotatable bonds is 4. The fourth-order valence-corrected chi connectivity index (χ4v) is 4.47. The highest BCUT2D eigenvalue weighted by Gasteiger charge is 2.26. The van der Waals surface area contributed by atoms with Gasteiger partial charge in [-0.1, -0.05) is 28.8 Å². The van der Waals surface area contributed by atoms with E-state index in [-0.39, 0.29) is 11.8 Å². The lowest BCUT2D eigenvalue weighted by Gasteiger charge is -2.32. The standard InChI is InChI=1S/C20H24N4O2S/c25-19(24-12-9-16-3-1-2-4-17(16)13-24)6-5-15-7-10-23(11-8-15)20(26)18-14-27-22-21-18/h1-4,14-15H,5-13H2. The molecule has 142 valence electrons. The van der Waals surface area contributed by atoms with E-state index in [1.54, 1.807) is 5.38 Å². The molecular formula is C20H24N4O2S. The molecule has 2 aromatic rings. The van der Waals surface area contributed by atoms with Gasteiger partial charge in [0.2, 0.25) is 5.91 Å². The molecule has 0 bridgehead atoms. The van der Waals surface area contributed by atoms with Crippen LogP contribution in [0.5, 0.6) is 0 Å². The second kappa shape index (κ2) is 8.17. The van der Waals surface area contributed by atoms with Crippen molar-refractivity contribution in [3.8, 4) is 0 Å². The zero-order valence-electron chi connectivity index (χ0n) is 15.3. The van der Waals surface area contributed by atoms with Crippen LogP contribution >= 0.6 is 11.5 Å². The van der Waals surface area contributed by atoms with E-state index in [0.717, 1.165) is 51.9 Å². The molecule has 1 aromatic heterocycles. The van der Waals surface area contributed by atoms with Crippen LogP contribution in [0, 0.1) is 5.92 Å². The number of hydrogen-bond donors (Lipinski definition) is 0. The largest absolute Gasteiger partial charge is 0.338 e. The van der Waals surface area contributed by atoms with Crippen LogP contribution in [0.1, 0.15) is 47.3 Å². The monoisotopic (exact) mass is 384 g/mol. The number of carbonyl (C=O) groups is 2.